The molecule has 0 saturated carbocycles. The number of esters is 1. The predicted octanol–water partition coefficient (Wildman–Crippen LogP) is 5.97. The van der Waals surface area contributed by atoms with E-state index in [1.807, 2.05) is 30.6 Å². The number of aromatic nitrogens is 2. The normalized spacial score (nSPS) is 10.7. The van der Waals surface area contributed by atoms with E-state index in [1.54, 1.807) is 6.07 Å². The summed E-state index contributed by atoms with van der Waals surface area (Å²) in [5.41, 5.74) is 1.86. The van der Waals surface area contributed by atoms with Gasteiger partial charge in [0.05, 0.1) is 0 Å². The van der Waals surface area contributed by atoms with Gasteiger partial charge < -0.3 is 4.74 Å². The molecule has 0 amide bonds. The number of unbranched alkanes of at least 4 members (excludes halogenated alkanes) is 5. The second kappa shape index (κ2) is 12.4. The Balaban J connectivity index is 1.89. The highest BCUT2D eigenvalue weighted by Crippen LogP contribution is 2.23. The number of halogens is 1. The molecule has 0 atom stereocenters. The molecule has 0 unspecified atom stereocenters. The second-order valence-electron chi connectivity index (χ2n) is 6.70. The van der Waals surface area contributed by atoms with Crippen molar-refractivity contribution in [1.29, 1.82) is 0 Å². The first-order chi connectivity index (χ1) is 13.2. The molecule has 0 N–H and O–H groups in total. The Hall–Kier alpha value is -1.94. The van der Waals surface area contributed by atoms with Crippen LogP contribution < -0.4 is 4.74 Å². The van der Waals surface area contributed by atoms with Crippen LogP contribution >= 0.6 is 11.6 Å². The lowest BCUT2D eigenvalue weighted by Gasteiger charge is -2.07. The van der Waals surface area contributed by atoms with Crippen molar-refractivity contribution in [3.05, 3.63) is 42.5 Å². The fourth-order valence-corrected chi connectivity index (χ4v) is 2.99. The van der Waals surface area contributed by atoms with Crippen molar-refractivity contribution >= 4 is 17.6 Å². The van der Waals surface area contributed by atoms with Crippen LogP contribution in [0.15, 0.2) is 36.7 Å². The monoisotopic (exact) mass is 388 g/mol. The molecule has 0 saturated heterocycles. The highest BCUT2D eigenvalue weighted by molar-refractivity contribution is 6.17. The van der Waals surface area contributed by atoms with Gasteiger partial charge in [-0.3, -0.25) is 4.79 Å². The van der Waals surface area contributed by atoms with Gasteiger partial charge >= 0.3 is 5.97 Å². The largest absolute Gasteiger partial charge is 0.427 e. The van der Waals surface area contributed by atoms with Crippen LogP contribution in [-0.4, -0.2) is 21.8 Å². The van der Waals surface area contributed by atoms with Crippen LogP contribution in [0, 0.1) is 0 Å². The smallest absolute Gasteiger partial charge is 0.311 e. The number of hydrogen-bond acceptors (Lipinski definition) is 4. The van der Waals surface area contributed by atoms with Gasteiger partial charge in [0.1, 0.15) is 11.6 Å². The van der Waals surface area contributed by atoms with Crippen LogP contribution in [0.25, 0.3) is 11.1 Å². The molecule has 0 aliphatic rings. The van der Waals surface area contributed by atoms with E-state index in [0.29, 0.717) is 18.1 Å². The maximum absolute atomic E-state index is 11.9. The van der Waals surface area contributed by atoms with E-state index in [-0.39, 0.29) is 5.97 Å². The number of benzene rings is 1. The van der Waals surface area contributed by atoms with Gasteiger partial charge in [-0.25, -0.2) is 9.97 Å². The third-order valence-corrected chi connectivity index (χ3v) is 4.64. The van der Waals surface area contributed by atoms with Crippen LogP contribution in [-0.2, 0) is 11.2 Å². The molecule has 0 bridgehead atoms. The Morgan fingerprint density at radius 3 is 2.52 bits per heavy atom. The van der Waals surface area contributed by atoms with Crippen LogP contribution in [0.1, 0.15) is 64.1 Å². The van der Waals surface area contributed by atoms with Gasteiger partial charge in [-0.15, -0.1) is 11.6 Å². The van der Waals surface area contributed by atoms with E-state index >= 15 is 0 Å². The van der Waals surface area contributed by atoms with Crippen molar-refractivity contribution in [2.75, 3.05) is 5.88 Å². The summed E-state index contributed by atoms with van der Waals surface area (Å²) in [6.07, 6.45) is 12.8. The minimum Gasteiger partial charge on any atom is -0.427 e. The van der Waals surface area contributed by atoms with Gasteiger partial charge in [-0.05, 0) is 37.0 Å². The Kier molecular flexibility index (Phi) is 9.85. The molecular formula is C22H29ClN2O2. The minimum atomic E-state index is -0.230. The number of alkyl halides is 1. The summed E-state index contributed by atoms with van der Waals surface area (Å²) < 4.78 is 5.41. The van der Waals surface area contributed by atoms with Gasteiger partial charge in [0, 0.05) is 36.7 Å². The standard InChI is InChI=1S/C22H29ClN2O2/c1-2-3-4-5-6-12-21-24-16-19(17-25-21)18-10-9-11-20(15-18)27-22(26)13-7-8-14-23/h9-11,15-17H,2-8,12-14H2,1H3. The van der Waals surface area contributed by atoms with Crippen LogP contribution in [0.4, 0.5) is 0 Å². The van der Waals surface area contributed by atoms with E-state index in [0.717, 1.165) is 42.6 Å². The quantitative estimate of drug-likeness (QED) is 0.194. The molecule has 1 aromatic heterocycles. The lowest BCUT2D eigenvalue weighted by Crippen LogP contribution is -2.07. The van der Waals surface area contributed by atoms with Gasteiger partial charge in [-0.2, -0.15) is 0 Å². The summed E-state index contributed by atoms with van der Waals surface area (Å²) in [6, 6.07) is 7.48. The van der Waals surface area contributed by atoms with Crippen molar-refractivity contribution in [3.8, 4) is 16.9 Å². The molecule has 5 heteroatoms. The summed E-state index contributed by atoms with van der Waals surface area (Å²) in [5, 5.41) is 0. The first kappa shape index (κ1) is 21.4. The summed E-state index contributed by atoms with van der Waals surface area (Å²) in [7, 11) is 0. The van der Waals surface area contributed by atoms with E-state index in [2.05, 4.69) is 16.9 Å². The second-order valence-corrected chi connectivity index (χ2v) is 7.08. The molecule has 27 heavy (non-hydrogen) atoms. The average Bonchev–Trinajstić information content (AvgIpc) is 2.69. The van der Waals surface area contributed by atoms with E-state index in [9.17, 15) is 4.79 Å². The number of rotatable bonds is 12. The lowest BCUT2D eigenvalue weighted by molar-refractivity contribution is -0.134. The maximum atomic E-state index is 11.9. The van der Waals surface area contributed by atoms with Gasteiger partial charge in [0.15, 0.2) is 0 Å². The fraction of sp³-hybridized carbons (Fsp3) is 0.500. The highest BCUT2D eigenvalue weighted by Gasteiger charge is 2.07. The summed E-state index contributed by atoms with van der Waals surface area (Å²) in [5.74, 6) is 1.77. The number of ether oxygens (including phenoxy) is 1. The van der Waals surface area contributed by atoms with Gasteiger partial charge in [0.25, 0.3) is 0 Å². The van der Waals surface area contributed by atoms with Gasteiger partial charge in [-0.1, -0.05) is 44.7 Å². The van der Waals surface area contributed by atoms with Crippen LogP contribution in [0.2, 0.25) is 0 Å². The molecule has 1 aromatic carbocycles. The Labute approximate surface area is 167 Å². The average molecular weight is 389 g/mol. The van der Waals surface area contributed by atoms with Crippen molar-refractivity contribution < 1.29 is 9.53 Å². The molecule has 1 heterocycles. The first-order valence-corrected chi connectivity index (χ1v) is 10.4. The zero-order valence-electron chi connectivity index (χ0n) is 16.1. The SMILES string of the molecule is CCCCCCCc1ncc(-c2cccc(OC(=O)CCCCCl)c2)cn1. The minimum absolute atomic E-state index is 0.230. The molecule has 4 nitrogen and oxygen atoms in total. The number of carbonyl (C=O) groups is 1. The molecule has 2 rings (SSSR count). The van der Waals surface area contributed by atoms with Crippen LogP contribution in [0.3, 0.4) is 0 Å². The molecule has 0 spiro atoms. The zero-order valence-corrected chi connectivity index (χ0v) is 16.9. The number of carbonyl (C=O) groups excluding carboxylic acids is 1. The number of aryl methyl sites for hydroxylation is 1. The van der Waals surface area contributed by atoms with E-state index in [4.69, 9.17) is 16.3 Å². The predicted molar refractivity (Wildman–Crippen MR) is 110 cm³/mol. The zero-order chi connectivity index (χ0) is 19.3. The van der Waals surface area contributed by atoms with Crippen molar-refractivity contribution in [2.45, 2.75) is 64.7 Å². The molecule has 146 valence electrons. The number of hydrogen-bond donors (Lipinski definition) is 0. The number of nitrogens with zero attached hydrogens (tertiary/aromatic N) is 2. The van der Waals surface area contributed by atoms with E-state index in [1.165, 1.54) is 25.7 Å². The summed E-state index contributed by atoms with van der Waals surface area (Å²) in [6.45, 7) is 2.22. The summed E-state index contributed by atoms with van der Waals surface area (Å²) >= 11 is 5.63. The molecule has 2 aromatic rings. The topological polar surface area (TPSA) is 52.1 Å². The molecule has 0 aliphatic heterocycles. The van der Waals surface area contributed by atoms with Gasteiger partial charge in [0.2, 0.25) is 0 Å². The first-order valence-electron chi connectivity index (χ1n) is 9.91. The molecule has 0 fully saturated rings. The van der Waals surface area contributed by atoms with Crippen molar-refractivity contribution in [1.82, 2.24) is 9.97 Å². The fourth-order valence-electron chi connectivity index (χ4n) is 2.81. The third-order valence-electron chi connectivity index (χ3n) is 4.37. The third kappa shape index (κ3) is 8.08. The lowest BCUT2D eigenvalue weighted by atomic mass is 10.1. The van der Waals surface area contributed by atoms with Crippen molar-refractivity contribution in [2.24, 2.45) is 0 Å². The maximum Gasteiger partial charge on any atom is 0.311 e. The molecule has 0 radical (unpaired) electrons. The Morgan fingerprint density at radius 1 is 1.00 bits per heavy atom. The highest BCUT2D eigenvalue weighted by atomic mass is 35.5. The molecular weight excluding hydrogens is 360 g/mol. The van der Waals surface area contributed by atoms with Crippen LogP contribution in [0.5, 0.6) is 5.75 Å². The Morgan fingerprint density at radius 2 is 1.78 bits per heavy atom. The summed E-state index contributed by atoms with van der Waals surface area (Å²) in [4.78, 5) is 20.8. The van der Waals surface area contributed by atoms with E-state index < -0.39 is 0 Å². The molecule has 0 aliphatic carbocycles. The Bertz CT molecular complexity index is 689. The van der Waals surface area contributed by atoms with Crippen molar-refractivity contribution in [3.63, 3.8) is 0 Å².